The van der Waals surface area contributed by atoms with Crippen molar-refractivity contribution in [2.24, 2.45) is 5.92 Å². The van der Waals surface area contributed by atoms with Crippen LogP contribution in [-0.2, 0) is 28.8 Å². The molecule has 3 rings (SSSR count). The van der Waals surface area contributed by atoms with E-state index in [1.54, 1.807) is 39.0 Å². The molecule has 0 spiro atoms. The van der Waals surface area contributed by atoms with Gasteiger partial charge in [0.25, 0.3) is 0 Å². The van der Waals surface area contributed by atoms with Crippen molar-refractivity contribution < 1.29 is 38.3 Å². The number of rotatable bonds is 12. The highest BCUT2D eigenvalue weighted by atomic mass is 16.4. The molecule has 1 aliphatic rings. The Bertz CT molecular complexity index is 1500. The van der Waals surface area contributed by atoms with Crippen molar-refractivity contribution in [2.45, 2.75) is 84.5 Å². The topological polar surface area (TPSA) is 204 Å². The second-order valence-electron chi connectivity index (χ2n) is 11.3. The predicted octanol–water partition coefficient (Wildman–Crippen LogP) is 1.05. The number of aliphatic carboxylic acids is 1. The maximum Gasteiger partial charge on any atom is 0.336 e. The van der Waals surface area contributed by atoms with E-state index in [4.69, 9.17) is 9.52 Å². The molecule has 14 heteroatoms. The van der Waals surface area contributed by atoms with Crippen molar-refractivity contribution in [3.8, 4) is 0 Å². The summed E-state index contributed by atoms with van der Waals surface area (Å²) in [5, 5.41) is 19.9. The molecule has 2 heterocycles. The Morgan fingerprint density at radius 1 is 0.955 bits per heavy atom. The van der Waals surface area contributed by atoms with E-state index in [2.05, 4.69) is 21.3 Å². The molecule has 1 aromatic carbocycles. The first kappa shape index (κ1) is 33.7. The van der Waals surface area contributed by atoms with Crippen molar-refractivity contribution in [3.63, 3.8) is 0 Å². The van der Waals surface area contributed by atoms with Gasteiger partial charge >= 0.3 is 11.6 Å². The molecule has 0 bridgehead atoms. The minimum Gasteiger partial charge on any atom is -0.481 e. The largest absolute Gasteiger partial charge is 0.481 e. The molecule has 1 aliphatic heterocycles. The fraction of sp³-hybridized carbons (Fsp3) is 0.500. The number of nitrogens with zero attached hydrogens (tertiary/aromatic N) is 1. The Morgan fingerprint density at radius 3 is 2.32 bits per heavy atom. The van der Waals surface area contributed by atoms with Crippen LogP contribution in [0.5, 0.6) is 0 Å². The first-order valence-corrected chi connectivity index (χ1v) is 14.5. The zero-order valence-electron chi connectivity index (χ0n) is 25.4. The summed E-state index contributed by atoms with van der Waals surface area (Å²) in [5.41, 5.74) is 1.05. The average molecular weight is 614 g/mol. The zero-order chi connectivity index (χ0) is 32.7. The van der Waals surface area contributed by atoms with Crippen LogP contribution in [0.3, 0.4) is 0 Å². The Balaban J connectivity index is 1.62. The van der Waals surface area contributed by atoms with E-state index < -0.39 is 65.3 Å². The van der Waals surface area contributed by atoms with Gasteiger partial charge in [0.1, 0.15) is 29.8 Å². The molecular weight excluding hydrogens is 574 g/mol. The molecule has 1 aromatic heterocycles. The van der Waals surface area contributed by atoms with Crippen LogP contribution in [0.1, 0.15) is 58.9 Å². The third-order valence-corrected chi connectivity index (χ3v) is 7.37. The Labute approximate surface area is 253 Å². The zero-order valence-corrected chi connectivity index (χ0v) is 25.4. The van der Waals surface area contributed by atoms with Gasteiger partial charge in [0.05, 0.1) is 6.42 Å². The summed E-state index contributed by atoms with van der Waals surface area (Å²) in [6.07, 6.45) is 0.251. The van der Waals surface area contributed by atoms with Crippen LogP contribution in [-0.4, -0.2) is 76.2 Å². The Kier molecular flexibility index (Phi) is 11.2. The third-order valence-electron chi connectivity index (χ3n) is 7.37. The van der Waals surface area contributed by atoms with Gasteiger partial charge in [-0.1, -0.05) is 13.8 Å². The Hall–Kier alpha value is -4.75. The summed E-state index contributed by atoms with van der Waals surface area (Å²) < 4.78 is 5.19. The maximum absolute atomic E-state index is 13.4. The van der Waals surface area contributed by atoms with Crippen molar-refractivity contribution >= 4 is 52.2 Å². The number of fused-ring (bicyclic) bond motifs is 1. The van der Waals surface area contributed by atoms with Gasteiger partial charge in [-0.05, 0) is 63.3 Å². The van der Waals surface area contributed by atoms with Crippen molar-refractivity contribution in [2.75, 3.05) is 11.9 Å². The highest BCUT2D eigenvalue weighted by molar-refractivity contribution is 6.00. The van der Waals surface area contributed by atoms with Crippen LogP contribution in [0, 0.1) is 12.8 Å². The SMILES string of the molecule is Cc1cc(=O)oc2ccc(NC(=O)[C@@H](NC(=O)[C@@H]3CCCN3C(=O)[C@H](C)NC(=O)[C@H](C)NC(=O)CCC(=O)O)C(C)C)cc12. The summed E-state index contributed by atoms with van der Waals surface area (Å²) in [5.74, 6) is -4.15. The van der Waals surface area contributed by atoms with Crippen LogP contribution in [0.15, 0.2) is 33.5 Å². The smallest absolute Gasteiger partial charge is 0.336 e. The summed E-state index contributed by atoms with van der Waals surface area (Å²) in [4.78, 5) is 87.9. The van der Waals surface area contributed by atoms with E-state index in [0.717, 1.165) is 0 Å². The average Bonchev–Trinajstić information content (AvgIpc) is 3.44. The number of carboxylic acid groups (broad SMARTS) is 1. The molecule has 5 amide bonds. The molecule has 1 fully saturated rings. The van der Waals surface area contributed by atoms with E-state index in [0.29, 0.717) is 35.1 Å². The minimum absolute atomic E-state index is 0.281. The molecule has 0 unspecified atom stereocenters. The number of hydrogen-bond donors (Lipinski definition) is 5. The quantitative estimate of drug-likeness (QED) is 0.217. The van der Waals surface area contributed by atoms with Crippen molar-refractivity contribution in [1.82, 2.24) is 20.9 Å². The number of hydrogen-bond acceptors (Lipinski definition) is 8. The summed E-state index contributed by atoms with van der Waals surface area (Å²) in [7, 11) is 0. The van der Waals surface area contributed by atoms with Crippen LogP contribution in [0.2, 0.25) is 0 Å². The summed E-state index contributed by atoms with van der Waals surface area (Å²) in [6, 6.07) is 2.41. The minimum atomic E-state index is -1.14. The van der Waals surface area contributed by atoms with Gasteiger partial charge < -0.3 is 35.7 Å². The number of carboxylic acids is 1. The van der Waals surface area contributed by atoms with Gasteiger partial charge in [0.15, 0.2) is 0 Å². The van der Waals surface area contributed by atoms with Gasteiger partial charge in [-0.25, -0.2) is 4.79 Å². The van der Waals surface area contributed by atoms with E-state index in [-0.39, 0.29) is 25.3 Å². The lowest BCUT2D eigenvalue weighted by Crippen LogP contribution is -2.57. The summed E-state index contributed by atoms with van der Waals surface area (Å²) in [6.45, 7) is 8.47. The molecule has 5 N–H and O–H groups in total. The van der Waals surface area contributed by atoms with Crippen LogP contribution < -0.4 is 26.9 Å². The molecule has 2 aromatic rings. The van der Waals surface area contributed by atoms with Gasteiger partial charge in [-0.15, -0.1) is 0 Å². The molecule has 0 saturated carbocycles. The monoisotopic (exact) mass is 613 g/mol. The van der Waals surface area contributed by atoms with Crippen LogP contribution >= 0.6 is 0 Å². The maximum atomic E-state index is 13.4. The second kappa shape index (κ2) is 14.6. The number of amides is 5. The van der Waals surface area contributed by atoms with E-state index >= 15 is 0 Å². The number of likely N-dealkylation sites (tertiary alicyclic amines) is 1. The van der Waals surface area contributed by atoms with E-state index in [1.165, 1.54) is 24.8 Å². The Morgan fingerprint density at radius 2 is 1.66 bits per heavy atom. The standard InChI is InChI=1S/C30H39N5O9/c1-15(2)26(29(42)33-19-8-9-22-20(14-19)16(3)13-25(39)44-22)34-28(41)21-7-6-12-35(21)30(43)18(5)32-27(40)17(4)31-23(36)10-11-24(37)38/h8-9,13-15,17-18,21,26H,6-7,10-12H2,1-5H3,(H,31,36)(H,32,40)(H,33,42)(H,34,41)(H,37,38)/t17-,18-,21-,26-/m0/s1. The van der Waals surface area contributed by atoms with Crippen LogP contribution in [0.25, 0.3) is 11.0 Å². The number of carbonyl (C=O) groups excluding carboxylic acids is 5. The predicted molar refractivity (Wildman–Crippen MR) is 159 cm³/mol. The van der Waals surface area contributed by atoms with Gasteiger partial charge in [0.2, 0.25) is 29.5 Å². The fourth-order valence-electron chi connectivity index (χ4n) is 4.95. The molecular formula is C30H39N5O9. The van der Waals surface area contributed by atoms with E-state index in [9.17, 15) is 33.6 Å². The molecule has 4 atom stereocenters. The first-order valence-electron chi connectivity index (χ1n) is 14.5. The normalized spacial score (nSPS) is 16.6. The molecule has 238 valence electrons. The first-order chi connectivity index (χ1) is 20.7. The molecule has 44 heavy (non-hydrogen) atoms. The van der Waals surface area contributed by atoms with E-state index in [1.807, 2.05) is 0 Å². The number of carbonyl (C=O) groups is 6. The molecule has 14 nitrogen and oxygen atoms in total. The molecule has 0 aliphatic carbocycles. The van der Waals surface area contributed by atoms with Gasteiger partial charge in [0, 0.05) is 30.1 Å². The summed E-state index contributed by atoms with van der Waals surface area (Å²) >= 11 is 0. The van der Waals surface area contributed by atoms with Crippen molar-refractivity contribution in [1.29, 1.82) is 0 Å². The molecule has 0 radical (unpaired) electrons. The van der Waals surface area contributed by atoms with Crippen molar-refractivity contribution in [3.05, 3.63) is 40.2 Å². The number of anilines is 1. The lowest BCUT2D eigenvalue weighted by Gasteiger charge is -2.30. The third kappa shape index (κ3) is 8.64. The number of aryl methyl sites for hydroxylation is 1. The molecule has 1 saturated heterocycles. The highest BCUT2D eigenvalue weighted by Gasteiger charge is 2.38. The second-order valence-corrected chi connectivity index (χ2v) is 11.3. The van der Waals surface area contributed by atoms with Gasteiger partial charge in [-0.3, -0.25) is 28.8 Å². The lowest BCUT2D eigenvalue weighted by atomic mass is 10.0. The number of benzene rings is 1. The number of nitrogens with one attached hydrogen (secondary N) is 4. The van der Waals surface area contributed by atoms with Gasteiger partial charge in [-0.2, -0.15) is 0 Å². The lowest BCUT2D eigenvalue weighted by molar-refractivity contribution is -0.142. The fourth-order valence-corrected chi connectivity index (χ4v) is 4.95. The van der Waals surface area contributed by atoms with Crippen LogP contribution in [0.4, 0.5) is 5.69 Å². The highest BCUT2D eigenvalue weighted by Crippen LogP contribution is 2.22.